The fourth-order valence-electron chi connectivity index (χ4n) is 3.73. The number of benzene rings is 3. The molecule has 0 unspecified atom stereocenters. The van der Waals surface area contributed by atoms with Crippen molar-refractivity contribution in [3.8, 4) is 11.5 Å². The van der Waals surface area contributed by atoms with Crippen molar-refractivity contribution in [2.75, 3.05) is 17.7 Å². The van der Waals surface area contributed by atoms with E-state index < -0.39 is 0 Å². The van der Waals surface area contributed by atoms with E-state index in [9.17, 15) is 9.59 Å². The Balaban J connectivity index is 1.40. The van der Waals surface area contributed by atoms with Crippen molar-refractivity contribution in [1.82, 2.24) is 0 Å². The van der Waals surface area contributed by atoms with Gasteiger partial charge in [-0.3, -0.25) is 9.59 Å². The summed E-state index contributed by atoms with van der Waals surface area (Å²) in [4.78, 5) is 25.0. The second kappa shape index (κ2) is 10.0. The van der Waals surface area contributed by atoms with Crippen molar-refractivity contribution in [2.45, 2.75) is 31.8 Å². The minimum Gasteiger partial charge on any atom is -0.493 e. The molecule has 1 fully saturated rings. The van der Waals surface area contributed by atoms with E-state index in [-0.39, 0.29) is 17.9 Å². The molecular weight excluding hydrogens is 404 g/mol. The molecule has 4 rings (SSSR count). The number of hydrogen-bond acceptors (Lipinski definition) is 4. The van der Waals surface area contributed by atoms with Crippen LogP contribution in [0.15, 0.2) is 72.8 Å². The van der Waals surface area contributed by atoms with E-state index in [0.29, 0.717) is 34.0 Å². The van der Waals surface area contributed by atoms with Gasteiger partial charge in [0, 0.05) is 28.6 Å². The van der Waals surface area contributed by atoms with Crippen molar-refractivity contribution in [2.24, 2.45) is 0 Å². The van der Waals surface area contributed by atoms with Gasteiger partial charge < -0.3 is 20.1 Å². The molecule has 0 saturated heterocycles. The number of nitrogens with one attached hydrogen (secondary N) is 2. The van der Waals surface area contributed by atoms with Gasteiger partial charge in [0.05, 0.1) is 13.2 Å². The quantitative estimate of drug-likeness (QED) is 0.517. The van der Waals surface area contributed by atoms with Gasteiger partial charge in [0.25, 0.3) is 11.8 Å². The number of ether oxygens (including phenoxy) is 2. The highest BCUT2D eigenvalue weighted by Gasteiger charge is 2.19. The molecule has 0 heterocycles. The zero-order valence-electron chi connectivity index (χ0n) is 18.0. The Hall–Kier alpha value is -3.80. The maximum Gasteiger partial charge on any atom is 0.255 e. The predicted octanol–water partition coefficient (Wildman–Crippen LogP) is 5.52. The molecule has 0 bridgehead atoms. The molecule has 0 aromatic heterocycles. The van der Waals surface area contributed by atoms with Gasteiger partial charge in [-0.1, -0.05) is 18.2 Å². The number of carbonyl (C=O) groups excluding carboxylic acids is 2. The highest BCUT2D eigenvalue weighted by Crippen LogP contribution is 2.34. The van der Waals surface area contributed by atoms with Gasteiger partial charge in [-0.05, 0) is 74.2 Å². The molecule has 32 heavy (non-hydrogen) atoms. The third-order valence-electron chi connectivity index (χ3n) is 5.46. The molecule has 3 aromatic rings. The van der Waals surface area contributed by atoms with Gasteiger partial charge in [-0.15, -0.1) is 0 Å². The SMILES string of the molecule is COc1ccc(NC(=O)c2ccc(NC(=O)c3ccccc3)cc2)cc1OC1CCCC1. The number of carbonyl (C=O) groups is 2. The molecule has 2 amide bonds. The molecule has 1 aliphatic rings. The first-order valence-electron chi connectivity index (χ1n) is 10.7. The summed E-state index contributed by atoms with van der Waals surface area (Å²) in [7, 11) is 1.60. The van der Waals surface area contributed by atoms with Crippen LogP contribution in [-0.2, 0) is 0 Å². The van der Waals surface area contributed by atoms with E-state index in [1.807, 2.05) is 18.2 Å². The zero-order chi connectivity index (χ0) is 22.3. The monoisotopic (exact) mass is 430 g/mol. The molecule has 2 N–H and O–H groups in total. The van der Waals surface area contributed by atoms with Gasteiger partial charge in [0.15, 0.2) is 11.5 Å². The average molecular weight is 431 g/mol. The highest BCUT2D eigenvalue weighted by molar-refractivity contribution is 6.06. The van der Waals surface area contributed by atoms with Gasteiger partial charge in [0.2, 0.25) is 0 Å². The molecule has 1 saturated carbocycles. The molecule has 0 spiro atoms. The van der Waals surface area contributed by atoms with Gasteiger partial charge in [0.1, 0.15) is 0 Å². The summed E-state index contributed by atoms with van der Waals surface area (Å²) in [5.41, 5.74) is 2.30. The number of methoxy groups -OCH3 is 1. The summed E-state index contributed by atoms with van der Waals surface area (Å²) >= 11 is 0. The maximum atomic E-state index is 12.7. The fourth-order valence-corrected chi connectivity index (χ4v) is 3.73. The Morgan fingerprint density at radius 2 is 1.34 bits per heavy atom. The van der Waals surface area contributed by atoms with Crippen LogP contribution in [0.3, 0.4) is 0 Å². The number of hydrogen-bond donors (Lipinski definition) is 2. The summed E-state index contributed by atoms with van der Waals surface area (Å²) in [5.74, 6) is 0.836. The molecule has 1 aliphatic carbocycles. The summed E-state index contributed by atoms with van der Waals surface area (Å²) in [6.45, 7) is 0. The predicted molar refractivity (Wildman–Crippen MR) is 125 cm³/mol. The van der Waals surface area contributed by atoms with Crippen LogP contribution < -0.4 is 20.1 Å². The van der Waals surface area contributed by atoms with Crippen molar-refractivity contribution >= 4 is 23.2 Å². The fraction of sp³-hybridized carbons (Fsp3) is 0.231. The Labute approximate surface area is 187 Å². The second-order valence-electron chi connectivity index (χ2n) is 7.74. The first kappa shape index (κ1) is 21.4. The van der Waals surface area contributed by atoms with Crippen LogP contribution in [-0.4, -0.2) is 25.0 Å². The first-order chi connectivity index (χ1) is 15.6. The molecule has 164 valence electrons. The molecule has 0 aliphatic heterocycles. The summed E-state index contributed by atoms with van der Waals surface area (Å²) < 4.78 is 11.5. The van der Waals surface area contributed by atoms with E-state index in [4.69, 9.17) is 9.47 Å². The lowest BCUT2D eigenvalue weighted by molar-refractivity contribution is 0.102. The van der Waals surface area contributed by atoms with Crippen LogP contribution in [0.1, 0.15) is 46.4 Å². The average Bonchev–Trinajstić information content (AvgIpc) is 3.33. The topological polar surface area (TPSA) is 76.7 Å². The Morgan fingerprint density at radius 1 is 0.750 bits per heavy atom. The Morgan fingerprint density at radius 3 is 2.00 bits per heavy atom. The minimum absolute atomic E-state index is 0.188. The van der Waals surface area contributed by atoms with Crippen LogP contribution in [0.2, 0.25) is 0 Å². The van der Waals surface area contributed by atoms with E-state index in [1.54, 1.807) is 61.7 Å². The lowest BCUT2D eigenvalue weighted by Crippen LogP contribution is -2.14. The van der Waals surface area contributed by atoms with Crippen LogP contribution in [0.5, 0.6) is 11.5 Å². The lowest BCUT2D eigenvalue weighted by Gasteiger charge is -2.17. The third kappa shape index (κ3) is 5.27. The standard InChI is InChI=1S/C26H26N2O4/c1-31-23-16-15-21(17-24(23)32-22-9-5-6-10-22)28-26(30)19-11-13-20(14-12-19)27-25(29)18-7-3-2-4-8-18/h2-4,7-8,11-17,22H,5-6,9-10H2,1H3,(H,27,29)(H,28,30). The molecule has 6 nitrogen and oxygen atoms in total. The van der Waals surface area contributed by atoms with Crippen LogP contribution in [0, 0.1) is 0 Å². The molecule has 0 radical (unpaired) electrons. The lowest BCUT2D eigenvalue weighted by atomic mass is 10.1. The van der Waals surface area contributed by atoms with Crippen molar-refractivity contribution in [3.63, 3.8) is 0 Å². The highest BCUT2D eigenvalue weighted by atomic mass is 16.5. The minimum atomic E-state index is -0.247. The zero-order valence-corrected chi connectivity index (χ0v) is 18.0. The Bertz CT molecular complexity index is 1070. The first-order valence-corrected chi connectivity index (χ1v) is 10.7. The summed E-state index contributed by atoms with van der Waals surface area (Å²) in [6, 6.07) is 21.1. The van der Waals surface area contributed by atoms with Gasteiger partial charge in [-0.25, -0.2) is 0 Å². The molecular formula is C26H26N2O4. The molecule has 3 aromatic carbocycles. The van der Waals surface area contributed by atoms with Crippen LogP contribution >= 0.6 is 0 Å². The Kier molecular flexibility index (Phi) is 6.70. The van der Waals surface area contributed by atoms with E-state index in [1.165, 1.54) is 12.8 Å². The van der Waals surface area contributed by atoms with Crippen molar-refractivity contribution in [3.05, 3.63) is 83.9 Å². The molecule has 0 atom stereocenters. The van der Waals surface area contributed by atoms with Gasteiger partial charge >= 0.3 is 0 Å². The number of amides is 2. The van der Waals surface area contributed by atoms with E-state index in [2.05, 4.69) is 10.6 Å². The maximum absolute atomic E-state index is 12.7. The van der Waals surface area contributed by atoms with Gasteiger partial charge in [-0.2, -0.15) is 0 Å². The second-order valence-corrected chi connectivity index (χ2v) is 7.74. The normalized spacial score (nSPS) is 13.4. The van der Waals surface area contributed by atoms with Crippen molar-refractivity contribution in [1.29, 1.82) is 0 Å². The third-order valence-corrected chi connectivity index (χ3v) is 5.46. The smallest absolute Gasteiger partial charge is 0.255 e. The van der Waals surface area contributed by atoms with Crippen LogP contribution in [0.25, 0.3) is 0 Å². The van der Waals surface area contributed by atoms with Crippen LogP contribution in [0.4, 0.5) is 11.4 Å². The van der Waals surface area contributed by atoms with E-state index in [0.717, 1.165) is 12.8 Å². The number of rotatable bonds is 7. The summed E-state index contributed by atoms with van der Waals surface area (Å²) in [5, 5.41) is 5.73. The van der Waals surface area contributed by atoms with Crippen molar-refractivity contribution < 1.29 is 19.1 Å². The summed E-state index contributed by atoms with van der Waals surface area (Å²) in [6.07, 6.45) is 4.60. The number of anilines is 2. The van der Waals surface area contributed by atoms with E-state index >= 15 is 0 Å². The molecule has 6 heteroatoms. The largest absolute Gasteiger partial charge is 0.493 e.